The number of hydrogen-bond donors (Lipinski definition) is 2. The van der Waals surface area contributed by atoms with Crippen LogP contribution in [0.5, 0.6) is 5.75 Å². The second-order valence-electron chi connectivity index (χ2n) is 5.69. The third kappa shape index (κ3) is 4.52. The van der Waals surface area contributed by atoms with Gasteiger partial charge in [-0.25, -0.2) is 4.79 Å². The molecule has 0 saturated carbocycles. The number of nitrogens with zero attached hydrogens (tertiary/aromatic N) is 1. The molecule has 0 fully saturated rings. The maximum Gasteiger partial charge on any atom is 0.442 e. The van der Waals surface area contributed by atoms with Crippen LogP contribution in [-0.4, -0.2) is 23.5 Å². The zero-order valence-electron chi connectivity index (χ0n) is 14.9. The second-order valence-corrected chi connectivity index (χ2v) is 7.87. The van der Waals surface area contributed by atoms with E-state index in [-0.39, 0.29) is 10.9 Å². The number of aromatic nitrogens is 2. The van der Waals surface area contributed by atoms with Crippen molar-refractivity contribution in [3.05, 3.63) is 62.9 Å². The monoisotopic (exact) mass is 440 g/mol. The smallest absolute Gasteiger partial charge is 0.442 e. The minimum Gasteiger partial charge on any atom is -0.497 e. The molecule has 0 aliphatic carbocycles. The fourth-order valence-corrected chi connectivity index (χ4v) is 3.54. The second kappa shape index (κ2) is 8.72. The van der Waals surface area contributed by atoms with Crippen LogP contribution in [0.1, 0.15) is 6.92 Å². The first-order chi connectivity index (χ1) is 13.4. The molecule has 1 heterocycles. The molecule has 1 aromatic heterocycles. The number of rotatable bonds is 6. The molecule has 0 aliphatic heterocycles. The molecule has 0 radical (unpaired) electrons. The molecule has 3 rings (SSSR count). The van der Waals surface area contributed by atoms with E-state index in [0.29, 0.717) is 27.2 Å². The van der Waals surface area contributed by atoms with Crippen molar-refractivity contribution in [3.8, 4) is 11.4 Å². The Labute approximate surface area is 174 Å². The van der Waals surface area contributed by atoms with Crippen LogP contribution in [0.15, 0.2) is 56.8 Å². The number of nitrogens with one attached hydrogen (secondary N) is 2. The Balaban J connectivity index is 1.79. The Hall–Kier alpha value is -2.42. The number of halogens is 2. The van der Waals surface area contributed by atoms with Gasteiger partial charge in [0.1, 0.15) is 5.75 Å². The van der Waals surface area contributed by atoms with Gasteiger partial charge in [0.15, 0.2) is 0 Å². The van der Waals surface area contributed by atoms with Gasteiger partial charge in [0.2, 0.25) is 11.6 Å². The van der Waals surface area contributed by atoms with Gasteiger partial charge in [-0.2, -0.15) is 0 Å². The molecule has 1 amide bonds. The molecule has 1 atom stereocenters. The number of H-pyrrole nitrogens is 1. The summed E-state index contributed by atoms with van der Waals surface area (Å²) in [5.74, 6) is 0.339. The van der Waals surface area contributed by atoms with Gasteiger partial charge in [-0.05, 0) is 59.0 Å². The van der Waals surface area contributed by atoms with E-state index in [1.165, 1.54) is 4.68 Å². The molecule has 0 saturated heterocycles. The number of methoxy groups -OCH3 is 1. The largest absolute Gasteiger partial charge is 0.497 e. The summed E-state index contributed by atoms with van der Waals surface area (Å²) in [6.07, 6.45) is 0. The summed E-state index contributed by atoms with van der Waals surface area (Å²) in [6.45, 7) is 1.67. The number of carbonyl (C=O) groups excluding carboxylic acids is 1. The molecule has 2 aromatic carbocycles. The molecular formula is C18H16Cl2N3O4S+. The number of hydrogen-bond acceptors (Lipinski definition) is 5. The third-order valence-electron chi connectivity index (χ3n) is 3.78. The summed E-state index contributed by atoms with van der Waals surface area (Å²) in [5.41, 5.74) is 0.469. The van der Waals surface area contributed by atoms with Crippen molar-refractivity contribution < 1.29 is 18.7 Å². The first kappa shape index (κ1) is 20.3. The lowest BCUT2D eigenvalue weighted by Crippen LogP contribution is -2.37. The first-order valence-corrected chi connectivity index (χ1v) is 9.73. The highest BCUT2D eigenvalue weighted by atomic mass is 35.5. The van der Waals surface area contributed by atoms with Crippen LogP contribution >= 0.6 is 35.0 Å². The van der Waals surface area contributed by atoms with Crippen LogP contribution in [0.3, 0.4) is 0 Å². The quantitative estimate of drug-likeness (QED) is 0.450. The molecule has 0 aliphatic rings. The first-order valence-electron chi connectivity index (χ1n) is 8.09. The lowest BCUT2D eigenvalue weighted by Gasteiger charge is -2.11. The van der Waals surface area contributed by atoms with Crippen LogP contribution < -0.4 is 20.4 Å². The van der Waals surface area contributed by atoms with E-state index >= 15 is 0 Å². The van der Waals surface area contributed by atoms with E-state index in [1.807, 2.05) is 0 Å². The Bertz CT molecular complexity index is 1050. The van der Waals surface area contributed by atoms with Crippen molar-refractivity contribution in [2.24, 2.45) is 0 Å². The lowest BCUT2D eigenvalue weighted by molar-refractivity contribution is -0.704. The highest BCUT2D eigenvalue weighted by Gasteiger charge is 2.29. The molecule has 0 bridgehead atoms. The Morgan fingerprint density at radius 1 is 1.25 bits per heavy atom. The summed E-state index contributed by atoms with van der Waals surface area (Å²) in [5, 5.41) is 5.67. The number of anilines is 1. The van der Waals surface area contributed by atoms with E-state index in [2.05, 4.69) is 10.6 Å². The molecule has 1 unspecified atom stereocenters. The zero-order valence-corrected chi connectivity index (χ0v) is 17.2. The molecule has 7 nitrogen and oxygen atoms in total. The number of benzene rings is 2. The Morgan fingerprint density at radius 3 is 2.64 bits per heavy atom. The highest BCUT2D eigenvalue weighted by molar-refractivity contribution is 8.00. The van der Waals surface area contributed by atoms with Gasteiger partial charge in [-0.1, -0.05) is 23.2 Å². The summed E-state index contributed by atoms with van der Waals surface area (Å²) in [4.78, 5) is 24.7. The molecule has 10 heteroatoms. The predicted octanol–water partition coefficient (Wildman–Crippen LogP) is 3.68. The number of aromatic amines is 1. The van der Waals surface area contributed by atoms with E-state index in [4.69, 9.17) is 32.5 Å². The van der Waals surface area contributed by atoms with Gasteiger partial charge in [0, 0.05) is 17.2 Å². The van der Waals surface area contributed by atoms with Crippen molar-refractivity contribution in [3.63, 3.8) is 0 Å². The van der Waals surface area contributed by atoms with E-state index < -0.39 is 10.9 Å². The van der Waals surface area contributed by atoms with E-state index in [1.54, 1.807) is 56.5 Å². The summed E-state index contributed by atoms with van der Waals surface area (Å²) >= 11 is 13.1. The third-order valence-corrected chi connectivity index (χ3v) is 5.49. The van der Waals surface area contributed by atoms with E-state index in [0.717, 1.165) is 11.8 Å². The number of carbonyl (C=O) groups is 1. The summed E-state index contributed by atoms with van der Waals surface area (Å²) < 4.78 is 11.5. The van der Waals surface area contributed by atoms with Crippen LogP contribution in [0.4, 0.5) is 5.69 Å². The summed E-state index contributed by atoms with van der Waals surface area (Å²) in [7, 11) is 1.57. The fourth-order valence-electron chi connectivity index (χ4n) is 2.31. The fraction of sp³-hybridized carbons (Fsp3) is 0.167. The maximum absolute atomic E-state index is 12.5. The molecule has 0 spiro atoms. The molecule has 2 N–H and O–H groups in total. The molecule has 28 heavy (non-hydrogen) atoms. The maximum atomic E-state index is 12.5. The van der Waals surface area contributed by atoms with E-state index in [9.17, 15) is 9.59 Å². The number of thioether (sulfide) groups is 1. The van der Waals surface area contributed by atoms with Crippen LogP contribution in [0.2, 0.25) is 10.0 Å². The van der Waals surface area contributed by atoms with Gasteiger partial charge in [0.05, 0.1) is 23.1 Å². The minimum atomic E-state index is -0.613. The molecule has 146 valence electrons. The predicted molar refractivity (Wildman–Crippen MR) is 108 cm³/mol. The standard InChI is InChI=1S/C18H15Cl2N3O4S/c1-10(16(24)21-15-9-11(19)3-8-14(15)20)28-17-18(25)27-22-23(17)12-4-6-13(26-2)7-5-12/h3-10H,1-2H3,(H-,21,22,24,25)/p+1. The zero-order chi connectivity index (χ0) is 20.3. The van der Waals surface area contributed by atoms with Gasteiger partial charge >= 0.3 is 10.7 Å². The van der Waals surface area contributed by atoms with Gasteiger partial charge in [-0.15, -0.1) is 0 Å². The lowest BCUT2D eigenvalue weighted by atomic mass is 10.3. The van der Waals surface area contributed by atoms with Gasteiger partial charge in [0.25, 0.3) is 0 Å². The normalized spacial score (nSPS) is 11.9. The van der Waals surface area contributed by atoms with Crippen molar-refractivity contribution in [1.29, 1.82) is 0 Å². The highest BCUT2D eigenvalue weighted by Crippen LogP contribution is 2.27. The van der Waals surface area contributed by atoms with Crippen LogP contribution in [-0.2, 0) is 4.79 Å². The minimum absolute atomic E-state index is 0.227. The van der Waals surface area contributed by atoms with Crippen molar-refractivity contribution >= 4 is 46.6 Å². The number of amides is 1. The SMILES string of the molecule is COc1ccc(-[n+]2[nH]oc(=O)c2SC(C)C(=O)Nc2cc(Cl)ccc2Cl)cc1. The van der Waals surface area contributed by atoms with Gasteiger partial charge < -0.3 is 10.1 Å². The summed E-state index contributed by atoms with van der Waals surface area (Å²) in [6, 6.07) is 11.8. The molecule has 3 aromatic rings. The van der Waals surface area contributed by atoms with Crippen molar-refractivity contribution in [1.82, 2.24) is 5.27 Å². The average molecular weight is 441 g/mol. The van der Waals surface area contributed by atoms with Crippen LogP contribution in [0.25, 0.3) is 5.69 Å². The average Bonchev–Trinajstić information content (AvgIpc) is 3.05. The Morgan fingerprint density at radius 2 is 1.96 bits per heavy atom. The van der Waals surface area contributed by atoms with Crippen molar-refractivity contribution in [2.75, 3.05) is 12.4 Å². The van der Waals surface area contributed by atoms with Crippen molar-refractivity contribution in [2.45, 2.75) is 17.2 Å². The van der Waals surface area contributed by atoms with Gasteiger partial charge in [-0.3, -0.25) is 9.32 Å². The molecular weight excluding hydrogens is 425 g/mol. The topological polar surface area (TPSA) is 88.2 Å². The van der Waals surface area contributed by atoms with Crippen LogP contribution in [0, 0.1) is 0 Å². The Kier molecular flexibility index (Phi) is 6.33. The number of ether oxygens (including phenoxy) is 1.